The van der Waals surface area contributed by atoms with Gasteiger partial charge in [-0.05, 0) is 24.1 Å². The maximum atomic E-state index is 13.1. The normalized spacial score (nSPS) is 12.2. The van der Waals surface area contributed by atoms with Gasteiger partial charge in [0.2, 0.25) is 0 Å². The molecule has 0 spiro atoms. The number of hydrogen-bond donors (Lipinski definition) is 1. The van der Waals surface area contributed by atoms with Gasteiger partial charge < -0.3 is 10.5 Å². The third-order valence-electron chi connectivity index (χ3n) is 1.98. The topological polar surface area (TPSA) is 35.2 Å². The van der Waals surface area contributed by atoms with E-state index >= 15 is 0 Å². The molecule has 0 saturated carbocycles. The smallest absolute Gasteiger partial charge is 0.127 e. The summed E-state index contributed by atoms with van der Waals surface area (Å²) in [6.45, 7) is 3.59. The van der Waals surface area contributed by atoms with Gasteiger partial charge in [0.25, 0.3) is 0 Å². The molecule has 0 saturated heterocycles. The standard InChI is InChI=1S/C11H14FNO/c1-3-4-11(13)8-5-9(12)7-10(6-8)14-2/h3,5-7,11H,1,4,13H2,2H3/t11-/m0/s1. The Bertz CT molecular complexity index is 325. The predicted octanol–water partition coefficient (Wildman–Crippen LogP) is 2.41. The van der Waals surface area contributed by atoms with Crippen LogP contribution in [-0.4, -0.2) is 7.11 Å². The average molecular weight is 195 g/mol. The van der Waals surface area contributed by atoms with Crippen LogP contribution in [0.15, 0.2) is 30.9 Å². The first-order valence-corrected chi connectivity index (χ1v) is 4.38. The van der Waals surface area contributed by atoms with Gasteiger partial charge in [0.1, 0.15) is 11.6 Å². The summed E-state index contributed by atoms with van der Waals surface area (Å²) in [4.78, 5) is 0. The summed E-state index contributed by atoms with van der Waals surface area (Å²) in [6, 6.07) is 4.25. The van der Waals surface area contributed by atoms with E-state index in [0.29, 0.717) is 12.2 Å². The molecule has 1 aromatic rings. The maximum Gasteiger partial charge on any atom is 0.127 e. The third-order valence-corrected chi connectivity index (χ3v) is 1.98. The molecule has 0 fully saturated rings. The SMILES string of the molecule is C=CC[C@H](N)c1cc(F)cc(OC)c1. The van der Waals surface area contributed by atoms with Crippen LogP contribution in [0.3, 0.4) is 0 Å². The summed E-state index contributed by atoms with van der Waals surface area (Å²) in [7, 11) is 1.50. The highest BCUT2D eigenvalue weighted by molar-refractivity contribution is 5.31. The van der Waals surface area contributed by atoms with Gasteiger partial charge in [-0.25, -0.2) is 4.39 Å². The first-order valence-electron chi connectivity index (χ1n) is 4.38. The molecule has 1 aromatic carbocycles. The summed E-state index contributed by atoms with van der Waals surface area (Å²) in [5.74, 6) is 0.151. The molecule has 0 aromatic heterocycles. The lowest BCUT2D eigenvalue weighted by atomic mass is 10.0. The van der Waals surface area contributed by atoms with Gasteiger partial charge in [-0.3, -0.25) is 0 Å². The largest absolute Gasteiger partial charge is 0.497 e. The lowest BCUT2D eigenvalue weighted by Crippen LogP contribution is -2.09. The summed E-state index contributed by atoms with van der Waals surface area (Å²) in [5, 5.41) is 0. The number of benzene rings is 1. The first kappa shape index (κ1) is 10.7. The molecule has 76 valence electrons. The maximum absolute atomic E-state index is 13.1. The lowest BCUT2D eigenvalue weighted by Gasteiger charge is -2.11. The van der Waals surface area contributed by atoms with Crippen LogP contribution in [0.4, 0.5) is 4.39 Å². The Labute approximate surface area is 83.2 Å². The van der Waals surface area contributed by atoms with Gasteiger partial charge in [-0.15, -0.1) is 6.58 Å². The van der Waals surface area contributed by atoms with E-state index in [4.69, 9.17) is 10.5 Å². The Morgan fingerprint density at radius 2 is 2.29 bits per heavy atom. The van der Waals surface area contributed by atoms with Crippen molar-refractivity contribution in [2.75, 3.05) is 7.11 Å². The highest BCUT2D eigenvalue weighted by Crippen LogP contribution is 2.21. The number of methoxy groups -OCH3 is 1. The Kier molecular flexibility index (Phi) is 3.65. The van der Waals surface area contributed by atoms with E-state index < -0.39 is 0 Å². The van der Waals surface area contributed by atoms with Crippen LogP contribution in [0.5, 0.6) is 5.75 Å². The molecular formula is C11H14FNO. The molecule has 2 nitrogen and oxygen atoms in total. The number of nitrogens with two attached hydrogens (primary N) is 1. The monoisotopic (exact) mass is 195 g/mol. The second-order valence-electron chi connectivity index (χ2n) is 3.06. The number of rotatable bonds is 4. The Morgan fingerprint density at radius 1 is 1.57 bits per heavy atom. The minimum absolute atomic E-state index is 0.225. The molecule has 2 N–H and O–H groups in total. The minimum atomic E-state index is -0.334. The number of hydrogen-bond acceptors (Lipinski definition) is 2. The van der Waals surface area contributed by atoms with Crippen LogP contribution in [0, 0.1) is 5.82 Å². The zero-order chi connectivity index (χ0) is 10.6. The Balaban J connectivity index is 2.96. The highest BCUT2D eigenvalue weighted by atomic mass is 19.1. The number of ether oxygens (including phenoxy) is 1. The molecule has 0 aliphatic carbocycles. The summed E-state index contributed by atoms with van der Waals surface area (Å²) >= 11 is 0. The molecule has 0 radical (unpaired) electrons. The Morgan fingerprint density at radius 3 is 2.86 bits per heavy atom. The Hall–Kier alpha value is -1.35. The van der Waals surface area contributed by atoms with Crippen molar-refractivity contribution in [3.63, 3.8) is 0 Å². The van der Waals surface area contributed by atoms with E-state index in [-0.39, 0.29) is 11.9 Å². The van der Waals surface area contributed by atoms with Gasteiger partial charge in [-0.2, -0.15) is 0 Å². The van der Waals surface area contributed by atoms with Crippen LogP contribution in [0.2, 0.25) is 0 Å². The quantitative estimate of drug-likeness (QED) is 0.749. The van der Waals surface area contributed by atoms with Crippen molar-refractivity contribution in [3.8, 4) is 5.75 Å². The van der Waals surface area contributed by atoms with Crippen molar-refractivity contribution >= 4 is 0 Å². The van der Waals surface area contributed by atoms with Crippen LogP contribution < -0.4 is 10.5 Å². The molecule has 1 atom stereocenters. The molecule has 0 aliphatic rings. The fourth-order valence-corrected chi connectivity index (χ4v) is 1.23. The number of halogens is 1. The van der Waals surface area contributed by atoms with Crippen LogP contribution in [-0.2, 0) is 0 Å². The first-order chi connectivity index (χ1) is 6.67. The molecule has 14 heavy (non-hydrogen) atoms. The van der Waals surface area contributed by atoms with E-state index in [1.165, 1.54) is 19.2 Å². The van der Waals surface area contributed by atoms with Crippen LogP contribution >= 0.6 is 0 Å². The van der Waals surface area contributed by atoms with Gasteiger partial charge in [0.05, 0.1) is 7.11 Å². The fourth-order valence-electron chi connectivity index (χ4n) is 1.23. The molecule has 0 amide bonds. The molecule has 0 heterocycles. The molecule has 0 aliphatic heterocycles. The second kappa shape index (κ2) is 4.77. The molecule has 0 bridgehead atoms. The summed E-state index contributed by atoms with van der Waals surface area (Å²) in [6.07, 6.45) is 2.33. The van der Waals surface area contributed by atoms with Crippen molar-refractivity contribution in [1.29, 1.82) is 0 Å². The van der Waals surface area contributed by atoms with Crippen molar-refractivity contribution in [3.05, 3.63) is 42.2 Å². The predicted molar refractivity (Wildman–Crippen MR) is 54.7 cm³/mol. The third kappa shape index (κ3) is 2.57. The minimum Gasteiger partial charge on any atom is -0.497 e. The van der Waals surface area contributed by atoms with E-state index in [9.17, 15) is 4.39 Å². The van der Waals surface area contributed by atoms with E-state index in [1.807, 2.05) is 0 Å². The van der Waals surface area contributed by atoms with Gasteiger partial charge in [0.15, 0.2) is 0 Å². The summed E-state index contributed by atoms with van der Waals surface area (Å²) in [5.41, 5.74) is 6.53. The van der Waals surface area contributed by atoms with Crippen molar-refractivity contribution in [2.24, 2.45) is 5.73 Å². The van der Waals surface area contributed by atoms with Crippen molar-refractivity contribution in [2.45, 2.75) is 12.5 Å². The fraction of sp³-hybridized carbons (Fsp3) is 0.273. The lowest BCUT2D eigenvalue weighted by molar-refractivity contribution is 0.410. The van der Waals surface area contributed by atoms with Crippen LogP contribution in [0.1, 0.15) is 18.0 Å². The van der Waals surface area contributed by atoms with Gasteiger partial charge in [-0.1, -0.05) is 6.08 Å². The zero-order valence-corrected chi connectivity index (χ0v) is 8.16. The van der Waals surface area contributed by atoms with Gasteiger partial charge in [0, 0.05) is 12.1 Å². The highest BCUT2D eigenvalue weighted by Gasteiger charge is 2.07. The molecule has 3 heteroatoms. The molecular weight excluding hydrogens is 181 g/mol. The summed E-state index contributed by atoms with van der Waals surface area (Å²) < 4.78 is 18.0. The van der Waals surface area contributed by atoms with E-state index in [0.717, 1.165) is 5.56 Å². The second-order valence-corrected chi connectivity index (χ2v) is 3.06. The van der Waals surface area contributed by atoms with Gasteiger partial charge >= 0.3 is 0 Å². The zero-order valence-electron chi connectivity index (χ0n) is 8.16. The molecule has 0 unspecified atom stereocenters. The molecule has 1 rings (SSSR count). The average Bonchev–Trinajstić information content (AvgIpc) is 2.17. The van der Waals surface area contributed by atoms with Crippen molar-refractivity contribution < 1.29 is 9.13 Å². The van der Waals surface area contributed by atoms with Crippen LogP contribution in [0.25, 0.3) is 0 Å². The van der Waals surface area contributed by atoms with E-state index in [1.54, 1.807) is 12.1 Å². The van der Waals surface area contributed by atoms with E-state index in [2.05, 4.69) is 6.58 Å². The van der Waals surface area contributed by atoms with Crippen molar-refractivity contribution in [1.82, 2.24) is 0 Å².